The maximum Gasteiger partial charge on any atom is 0.242 e. The van der Waals surface area contributed by atoms with Crippen LogP contribution in [0.4, 0.5) is 0 Å². The second kappa shape index (κ2) is 12.3. The van der Waals surface area contributed by atoms with Crippen LogP contribution in [0.1, 0.15) is 31.2 Å². The van der Waals surface area contributed by atoms with Crippen molar-refractivity contribution in [3.05, 3.63) is 35.9 Å². The fourth-order valence-corrected chi connectivity index (χ4v) is 3.11. The third-order valence-electron chi connectivity index (χ3n) is 4.50. The van der Waals surface area contributed by atoms with Gasteiger partial charge < -0.3 is 21.3 Å². The van der Waals surface area contributed by atoms with Crippen LogP contribution in [0.3, 0.4) is 0 Å². The van der Waals surface area contributed by atoms with Crippen LogP contribution in [0, 0.1) is 0 Å². The van der Waals surface area contributed by atoms with Crippen molar-refractivity contribution >= 4 is 30.1 Å². The third-order valence-corrected chi connectivity index (χ3v) is 4.50. The SMILES string of the molecule is Cl.NCCC(=O)NCC1CCCCN1C(=O)CNC(=O)Cc1ccccc1. The Labute approximate surface area is 166 Å². The van der Waals surface area contributed by atoms with Crippen LogP contribution >= 0.6 is 12.4 Å². The molecule has 4 N–H and O–H groups in total. The number of piperidine rings is 1. The van der Waals surface area contributed by atoms with Gasteiger partial charge in [0.15, 0.2) is 0 Å². The normalized spacial score (nSPS) is 16.2. The zero-order valence-corrected chi connectivity index (χ0v) is 16.3. The molecule has 0 saturated carbocycles. The van der Waals surface area contributed by atoms with Gasteiger partial charge in [0.1, 0.15) is 0 Å². The number of rotatable bonds is 8. The number of benzene rings is 1. The van der Waals surface area contributed by atoms with Crippen molar-refractivity contribution in [2.24, 2.45) is 5.73 Å². The molecule has 1 heterocycles. The van der Waals surface area contributed by atoms with E-state index in [0.29, 0.717) is 19.6 Å². The number of carbonyl (C=O) groups excluding carboxylic acids is 3. The van der Waals surface area contributed by atoms with Gasteiger partial charge in [-0.15, -0.1) is 12.4 Å². The van der Waals surface area contributed by atoms with E-state index in [9.17, 15) is 14.4 Å². The summed E-state index contributed by atoms with van der Waals surface area (Å²) in [4.78, 5) is 37.9. The Balaban J connectivity index is 0.00000364. The first kappa shape index (κ1) is 22.9. The van der Waals surface area contributed by atoms with Crippen molar-refractivity contribution in [3.63, 3.8) is 0 Å². The second-order valence-electron chi connectivity index (χ2n) is 6.52. The van der Waals surface area contributed by atoms with Crippen LogP contribution in [0.25, 0.3) is 0 Å². The molecule has 1 aromatic carbocycles. The quantitative estimate of drug-likeness (QED) is 0.598. The summed E-state index contributed by atoms with van der Waals surface area (Å²) in [6.45, 7) is 1.39. The summed E-state index contributed by atoms with van der Waals surface area (Å²) >= 11 is 0. The molecule has 0 radical (unpaired) electrons. The smallest absolute Gasteiger partial charge is 0.242 e. The molecule has 1 saturated heterocycles. The number of nitrogens with one attached hydrogen (secondary N) is 2. The molecule has 3 amide bonds. The van der Waals surface area contributed by atoms with Gasteiger partial charge in [-0.25, -0.2) is 0 Å². The summed E-state index contributed by atoms with van der Waals surface area (Å²) in [5, 5.41) is 5.54. The zero-order chi connectivity index (χ0) is 18.8. The van der Waals surface area contributed by atoms with E-state index >= 15 is 0 Å². The van der Waals surface area contributed by atoms with Crippen LogP contribution in [-0.4, -0.2) is 54.8 Å². The van der Waals surface area contributed by atoms with E-state index in [1.807, 2.05) is 30.3 Å². The van der Waals surface area contributed by atoms with Crippen molar-refractivity contribution in [1.29, 1.82) is 0 Å². The number of nitrogens with zero attached hydrogens (tertiary/aromatic N) is 1. The van der Waals surface area contributed by atoms with Crippen molar-refractivity contribution < 1.29 is 14.4 Å². The highest BCUT2D eigenvalue weighted by molar-refractivity contribution is 5.86. The lowest BCUT2D eigenvalue weighted by Gasteiger charge is -2.36. The molecule has 1 unspecified atom stereocenters. The zero-order valence-electron chi connectivity index (χ0n) is 15.5. The summed E-state index contributed by atoms with van der Waals surface area (Å²) < 4.78 is 0. The second-order valence-corrected chi connectivity index (χ2v) is 6.52. The Bertz CT molecular complexity index is 612. The standard InChI is InChI=1S/C19H28N4O3.ClH/c20-10-9-17(24)21-13-16-8-4-5-11-23(16)19(26)14-22-18(25)12-15-6-2-1-3-7-15;/h1-3,6-7,16H,4-5,8-14,20H2,(H,21,24)(H,22,25);1H. The fourth-order valence-electron chi connectivity index (χ4n) is 3.11. The summed E-state index contributed by atoms with van der Waals surface area (Å²) in [5.74, 6) is -0.375. The van der Waals surface area contributed by atoms with E-state index < -0.39 is 0 Å². The molecule has 1 atom stereocenters. The lowest BCUT2D eigenvalue weighted by Crippen LogP contribution is -2.52. The summed E-state index contributed by atoms with van der Waals surface area (Å²) in [5.41, 5.74) is 6.28. The Kier molecular flexibility index (Phi) is 10.4. The van der Waals surface area contributed by atoms with Crippen molar-refractivity contribution in [2.75, 3.05) is 26.2 Å². The minimum atomic E-state index is -0.172. The largest absolute Gasteiger partial charge is 0.354 e. The summed E-state index contributed by atoms with van der Waals surface area (Å²) in [7, 11) is 0. The van der Waals surface area contributed by atoms with E-state index in [1.165, 1.54) is 0 Å². The molecule has 150 valence electrons. The van der Waals surface area contributed by atoms with Crippen molar-refractivity contribution in [2.45, 2.75) is 38.1 Å². The molecule has 27 heavy (non-hydrogen) atoms. The first-order valence-corrected chi connectivity index (χ1v) is 9.17. The number of amides is 3. The van der Waals surface area contributed by atoms with Gasteiger partial charge in [0.25, 0.3) is 0 Å². The maximum atomic E-state index is 12.5. The number of hydrogen-bond acceptors (Lipinski definition) is 4. The minimum absolute atomic E-state index is 0. The molecule has 0 aromatic heterocycles. The van der Waals surface area contributed by atoms with Crippen molar-refractivity contribution in [3.8, 4) is 0 Å². The molecule has 1 aliphatic heterocycles. The van der Waals surface area contributed by atoms with E-state index in [-0.39, 0.29) is 55.6 Å². The molecular formula is C19H29ClN4O3. The monoisotopic (exact) mass is 396 g/mol. The number of nitrogens with two attached hydrogens (primary N) is 1. The van der Waals surface area contributed by atoms with Gasteiger partial charge in [-0.3, -0.25) is 14.4 Å². The van der Waals surface area contributed by atoms with Crippen LogP contribution in [-0.2, 0) is 20.8 Å². The van der Waals surface area contributed by atoms with Crippen LogP contribution < -0.4 is 16.4 Å². The van der Waals surface area contributed by atoms with Crippen LogP contribution in [0.5, 0.6) is 0 Å². The lowest BCUT2D eigenvalue weighted by atomic mass is 10.0. The first-order chi connectivity index (χ1) is 12.6. The molecule has 1 aromatic rings. The third kappa shape index (κ3) is 7.97. The van der Waals surface area contributed by atoms with Crippen LogP contribution in [0.2, 0.25) is 0 Å². The van der Waals surface area contributed by atoms with Crippen molar-refractivity contribution in [1.82, 2.24) is 15.5 Å². The number of carbonyl (C=O) groups is 3. The summed E-state index contributed by atoms with van der Waals surface area (Å²) in [6.07, 6.45) is 3.37. The average molecular weight is 397 g/mol. The number of likely N-dealkylation sites (tertiary alicyclic amines) is 1. The fraction of sp³-hybridized carbons (Fsp3) is 0.526. The maximum absolute atomic E-state index is 12.5. The molecule has 1 aliphatic rings. The van der Waals surface area contributed by atoms with E-state index in [4.69, 9.17) is 5.73 Å². The molecule has 0 bridgehead atoms. The van der Waals surface area contributed by atoms with Gasteiger partial charge in [0.05, 0.1) is 13.0 Å². The predicted octanol–water partition coefficient (Wildman–Crippen LogP) is 0.613. The highest BCUT2D eigenvalue weighted by Crippen LogP contribution is 2.16. The molecule has 1 fully saturated rings. The van der Waals surface area contributed by atoms with Crippen LogP contribution in [0.15, 0.2) is 30.3 Å². The first-order valence-electron chi connectivity index (χ1n) is 9.17. The Morgan fingerprint density at radius 2 is 1.81 bits per heavy atom. The molecular weight excluding hydrogens is 368 g/mol. The van der Waals surface area contributed by atoms with E-state index in [1.54, 1.807) is 4.90 Å². The molecule has 7 nitrogen and oxygen atoms in total. The van der Waals surface area contributed by atoms with Gasteiger partial charge in [-0.1, -0.05) is 30.3 Å². The van der Waals surface area contributed by atoms with Gasteiger partial charge in [0.2, 0.25) is 17.7 Å². The molecule has 0 aliphatic carbocycles. The molecule has 2 rings (SSSR count). The number of hydrogen-bond donors (Lipinski definition) is 3. The van der Waals surface area contributed by atoms with Gasteiger partial charge in [-0.2, -0.15) is 0 Å². The average Bonchev–Trinajstić information content (AvgIpc) is 2.66. The van der Waals surface area contributed by atoms with E-state index in [2.05, 4.69) is 10.6 Å². The van der Waals surface area contributed by atoms with Gasteiger partial charge in [0, 0.05) is 32.1 Å². The highest BCUT2D eigenvalue weighted by atomic mass is 35.5. The Hall–Kier alpha value is -2.12. The topological polar surface area (TPSA) is 105 Å². The van der Waals surface area contributed by atoms with Gasteiger partial charge >= 0.3 is 0 Å². The summed E-state index contributed by atoms with van der Waals surface area (Å²) in [6, 6.07) is 9.39. The Morgan fingerprint density at radius 3 is 2.52 bits per heavy atom. The molecule has 0 spiro atoms. The van der Waals surface area contributed by atoms with Gasteiger partial charge in [-0.05, 0) is 24.8 Å². The highest BCUT2D eigenvalue weighted by Gasteiger charge is 2.26. The lowest BCUT2D eigenvalue weighted by molar-refractivity contribution is -0.136. The minimum Gasteiger partial charge on any atom is -0.354 e. The predicted molar refractivity (Wildman–Crippen MR) is 106 cm³/mol. The number of halogens is 1. The Morgan fingerprint density at radius 1 is 1.07 bits per heavy atom. The van der Waals surface area contributed by atoms with E-state index in [0.717, 1.165) is 24.8 Å². The molecule has 8 heteroatoms.